The molecule has 0 aliphatic heterocycles. The SMILES string of the molecule is C[C@@H](CC1CC[C@H](c2ccc(S(C)(=O)=O)cc2)C1)c1cc(-c2ccccc2)n(C)n1. The normalized spacial score (nSPS) is 20.4. The van der Waals surface area contributed by atoms with Crippen molar-refractivity contribution in [2.24, 2.45) is 13.0 Å². The molecule has 3 aromatic rings. The maximum Gasteiger partial charge on any atom is 0.175 e. The third-order valence-corrected chi connectivity index (χ3v) is 7.61. The van der Waals surface area contributed by atoms with E-state index in [1.807, 2.05) is 29.9 Å². The zero-order chi connectivity index (χ0) is 21.3. The summed E-state index contributed by atoms with van der Waals surface area (Å²) in [6.45, 7) is 2.28. The standard InChI is InChI=1S/C25H30N2O2S/c1-18(24-17-25(27(2)26-24)21-7-5-4-6-8-21)15-19-9-10-22(16-19)20-11-13-23(14-12-20)30(3,28)29/h4-8,11-14,17-19,22H,9-10,15-16H2,1-3H3/t18-,19?,22-/m0/s1. The molecule has 30 heavy (non-hydrogen) atoms. The predicted molar refractivity (Wildman–Crippen MR) is 121 cm³/mol. The van der Waals surface area contributed by atoms with E-state index in [0.29, 0.717) is 22.6 Å². The predicted octanol–water partition coefficient (Wildman–Crippen LogP) is 5.57. The topological polar surface area (TPSA) is 52.0 Å². The fraction of sp³-hybridized carbons (Fsp3) is 0.400. The lowest BCUT2D eigenvalue weighted by molar-refractivity contribution is 0.448. The second-order valence-electron chi connectivity index (χ2n) is 8.80. The van der Waals surface area contributed by atoms with Crippen LogP contribution in [-0.4, -0.2) is 24.5 Å². The average Bonchev–Trinajstić information content (AvgIpc) is 3.35. The van der Waals surface area contributed by atoms with E-state index >= 15 is 0 Å². The fourth-order valence-electron chi connectivity index (χ4n) is 4.81. The maximum absolute atomic E-state index is 11.7. The van der Waals surface area contributed by atoms with Crippen molar-refractivity contribution in [2.75, 3.05) is 6.26 Å². The lowest BCUT2D eigenvalue weighted by atomic mass is 9.90. The van der Waals surface area contributed by atoms with E-state index in [4.69, 9.17) is 5.10 Å². The Morgan fingerprint density at radius 2 is 1.77 bits per heavy atom. The van der Waals surface area contributed by atoms with Gasteiger partial charge in [-0.15, -0.1) is 0 Å². The number of hydrogen-bond acceptors (Lipinski definition) is 3. The highest BCUT2D eigenvalue weighted by atomic mass is 32.2. The molecular weight excluding hydrogens is 392 g/mol. The minimum absolute atomic E-state index is 0.402. The number of rotatable bonds is 6. The van der Waals surface area contributed by atoms with E-state index in [1.54, 1.807) is 12.1 Å². The van der Waals surface area contributed by atoms with Crippen LogP contribution in [0.25, 0.3) is 11.3 Å². The number of aromatic nitrogens is 2. The first-order chi connectivity index (χ1) is 14.3. The van der Waals surface area contributed by atoms with E-state index in [1.165, 1.54) is 36.6 Å². The zero-order valence-corrected chi connectivity index (χ0v) is 18.8. The van der Waals surface area contributed by atoms with Crippen molar-refractivity contribution in [1.82, 2.24) is 9.78 Å². The molecule has 1 unspecified atom stereocenters. The molecule has 0 bridgehead atoms. The Labute approximate surface area is 179 Å². The Morgan fingerprint density at radius 1 is 1.07 bits per heavy atom. The van der Waals surface area contributed by atoms with Crippen LogP contribution in [0.1, 0.15) is 55.7 Å². The van der Waals surface area contributed by atoms with Gasteiger partial charge in [-0.25, -0.2) is 8.42 Å². The molecule has 1 aliphatic carbocycles. The van der Waals surface area contributed by atoms with Crippen LogP contribution >= 0.6 is 0 Å². The summed E-state index contributed by atoms with van der Waals surface area (Å²) >= 11 is 0. The van der Waals surface area contributed by atoms with Crippen LogP contribution in [0.4, 0.5) is 0 Å². The molecule has 0 N–H and O–H groups in total. The van der Waals surface area contributed by atoms with Crippen LogP contribution in [0.5, 0.6) is 0 Å². The number of benzene rings is 2. The summed E-state index contributed by atoms with van der Waals surface area (Å²) in [5.41, 5.74) is 4.79. The summed E-state index contributed by atoms with van der Waals surface area (Å²) in [4.78, 5) is 0.402. The van der Waals surface area contributed by atoms with E-state index < -0.39 is 9.84 Å². The molecule has 2 aromatic carbocycles. The van der Waals surface area contributed by atoms with E-state index in [0.717, 1.165) is 17.8 Å². The molecule has 1 heterocycles. The van der Waals surface area contributed by atoms with Gasteiger partial charge in [-0.1, -0.05) is 49.4 Å². The van der Waals surface area contributed by atoms with Crippen molar-refractivity contribution in [3.8, 4) is 11.3 Å². The monoisotopic (exact) mass is 422 g/mol. The highest BCUT2D eigenvalue weighted by Crippen LogP contribution is 2.42. The number of nitrogens with zero attached hydrogens (tertiary/aromatic N) is 2. The van der Waals surface area contributed by atoms with Gasteiger partial charge in [0, 0.05) is 19.2 Å². The molecule has 4 nitrogen and oxygen atoms in total. The molecule has 1 saturated carbocycles. The number of sulfone groups is 1. The van der Waals surface area contributed by atoms with E-state index in [-0.39, 0.29) is 0 Å². The Morgan fingerprint density at radius 3 is 2.43 bits per heavy atom. The van der Waals surface area contributed by atoms with Crippen molar-refractivity contribution in [3.05, 3.63) is 71.9 Å². The fourth-order valence-corrected chi connectivity index (χ4v) is 5.44. The van der Waals surface area contributed by atoms with Gasteiger partial charge in [-0.3, -0.25) is 4.68 Å². The molecule has 4 rings (SSSR count). The lowest BCUT2D eigenvalue weighted by Gasteiger charge is -2.16. The Balaban J connectivity index is 1.40. The van der Waals surface area contributed by atoms with Gasteiger partial charge in [-0.2, -0.15) is 5.10 Å². The molecule has 5 heteroatoms. The highest BCUT2D eigenvalue weighted by molar-refractivity contribution is 7.90. The molecule has 1 fully saturated rings. The van der Waals surface area contributed by atoms with Crippen LogP contribution in [0.3, 0.4) is 0 Å². The van der Waals surface area contributed by atoms with Crippen molar-refractivity contribution >= 4 is 9.84 Å². The molecule has 0 amide bonds. The molecule has 158 valence electrons. The van der Waals surface area contributed by atoms with Gasteiger partial charge in [-0.05, 0) is 66.8 Å². The van der Waals surface area contributed by atoms with Crippen LogP contribution in [0.15, 0.2) is 65.6 Å². The summed E-state index contributed by atoms with van der Waals surface area (Å²) < 4.78 is 25.4. The van der Waals surface area contributed by atoms with Crippen molar-refractivity contribution in [2.45, 2.75) is 49.3 Å². The summed E-state index contributed by atoms with van der Waals surface area (Å²) in [5.74, 6) is 1.63. The smallest absolute Gasteiger partial charge is 0.175 e. The third kappa shape index (κ3) is 4.51. The second kappa shape index (κ2) is 8.38. The minimum Gasteiger partial charge on any atom is -0.268 e. The third-order valence-electron chi connectivity index (χ3n) is 6.48. The summed E-state index contributed by atoms with van der Waals surface area (Å²) in [5, 5.41) is 4.80. The molecular formula is C25H30N2O2S. The average molecular weight is 423 g/mol. The summed E-state index contributed by atoms with van der Waals surface area (Å²) in [7, 11) is -1.11. The van der Waals surface area contributed by atoms with Gasteiger partial charge < -0.3 is 0 Å². The van der Waals surface area contributed by atoms with Gasteiger partial charge in [0.2, 0.25) is 0 Å². The van der Waals surface area contributed by atoms with Crippen molar-refractivity contribution < 1.29 is 8.42 Å². The quantitative estimate of drug-likeness (QED) is 0.522. The van der Waals surface area contributed by atoms with Crippen LogP contribution in [0.2, 0.25) is 0 Å². The maximum atomic E-state index is 11.7. The highest BCUT2D eigenvalue weighted by Gasteiger charge is 2.28. The number of aryl methyl sites for hydroxylation is 1. The second-order valence-corrected chi connectivity index (χ2v) is 10.8. The minimum atomic E-state index is -3.13. The van der Waals surface area contributed by atoms with Crippen LogP contribution in [0, 0.1) is 5.92 Å². The first-order valence-electron chi connectivity index (χ1n) is 10.7. The van der Waals surface area contributed by atoms with Gasteiger partial charge in [0.05, 0.1) is 16.3 Å². The number of hydrogen-bond donors (Lipinski definition) is 0. The molecule has 3 atom stereocenters. The Hall–Kier alpha value is -2.40. The van der Waals surface area contributed by atoms with Crippen LogP contribution < -0.4 is 0 Å². The lowest BCUT2D eigenvalue weighted by Crippen LogP contribution is -2.04. The van der Waals surface area contributed by atoms with E-state index in [2.05, 4.69) is 37.3 Å². The Kier molecular flexibility index (Phi) is 5.83. The molecule has 0 spiro atoms. The molecule has 0 saturated heterocycles. The first-order valence-corrected chi connectivity index (χ1v) is 12.6. The van der Waals surface area contributed by atoms with Gasteiger partial charge in [0.1, 0.15) is 0 Å². The zero-order valence-electron chi connectivity index (χ0n) is 18.0. The van der Waals surface area contributed by atoms with Gasteiger partial charge in [0.15, 0.2) is 9.84 Å². The molecule has 1 aromatic heterocycles. The molecule has 1 aliphatic rings. The Bertz CT molecular complexity index is 1100. The van der Waals surface area contributed by atoms with Gasteiger partial charge >= 0.3 is 0 Å². The van der Waals surface area contributed by atoms with Crippen molar-refractivity contribution in [3.63, 3.8) is 0 Å². The van der Waals surface area contributed by atoms with E-state index in [9.17, 15) is 8.42 Å². The largest absolute Gasteiger partial charge is 0.268 e. The van der Waals surface area contributed by atoms with Crippen LogP contribution in [-0.2, 0) is 16.9 Å². The van der Waals surface area contributed by atoms with Gasteiger partial charge in [0.25, 0.3) is 0 Å². The molecule has 0 radical (unpaired) electrons. The summed E-state index contributed by atoms with van der Waals surface area (Å²) in [6.07, 6.45) is 5.97. The first kappa shape index (κ1) is 20.9. The van der Waals surface area contributed by atoms with Crippen molar-refractivity contribution in [1.29, 1.82) is 0 Å². The summed E-state index contributed by atoms with van der Waals surface area (Å²) in [6, 6.07) is 20.1.